The van der Waals surface area contributed by atoms with Crippen molar-refractivity contribution in [2.24, 2.45) is 0 Å². The molecule has 180 valence electrons. The second-order valence-electron chi connectivity index (χ2n) is 9.28. The second-order valence-corrected chi connectivity index (χ2v) is 10.3. The van der Waals surface area contributed by atoms with E-state index in [1.54, 1.807) is 23.0 Å². The van der Waals surface area contributed by atoms with Crippen molar-refractivity contribution in [2.45, 2.75) is 52.6 Å². The number of H-pyrrole nitrogens is 1. The fraction of sp³-hybridized carbons (Fsp3) is 0.500. The number of methoxy groups -OCH3 is 1. The van der Waals surface area contributed by atoms with Crippen molar-refractivity contribution >= 4 is 22.0 Å². The first-order valence-corrected chi connectivity index (χ1v) is 12.7. The van der Waals surface area contributed by atoms with Crippen molar-refractivity contribution in [3.8, 4) is 27.7 Å². The van der Waals surface area contributed by atoms with Gasteiger partial charge in [0.15, 0.2) is 11.4 Å². The highest BCUT2D eigenvalue weighted by atomic mass is 32.1. The standard InChI is InChI=1S/C24H32N8OS/c1-7-30-10-16(5)31(11-15(30)4)19-9-25-24(34-19)22-20(14(2)3)21(28-29-22)17-8-18(33-6)23-26-13-27-32(23)12-17/h8-9,12-16H,7,10-11H2,1-6H3,(H,28,29)/t15-,16+/m0/s1. The van der Waals surface area contributed by atoms with Gasteiger partial charge >= 0.3 is 0 Å². The molecule has 34 heavy (non-hydrogen) atoms. The molecule has 0 saturated carbocycles. The van der Waals surface area contributed by atoms with Crippen LogP contribution in [0, 0.1) is 0 Å². The topological polar surface area (TPSA) is 87.5 Å². The minimum absolute atomic E-state index is 0.251. The van der Waals surface area contributed by atoms with Crippen molar-refractivity contribution in [1.82, 2.24) is 34.7 Å². The van der Waals surface area contributed by atoms with Crippen molar-refractivity contribution in [3.63, 3.8) is 0 Å². The Kier molecular flexibility index (Phi) is 6.03. The number of hydrogen-bond donors (Lipinski definition) is 1. The minimum atomic E-state index is 0.251. The molecule has 1 saturated heterocycles. The summed E-state index contributed by atoms with van der Waals surface area (Å²) in [5.74, 6) is 0.917. The Morgan fingerprint density at radius 3 is 2.76 bits per heavy atom. The summed E-state index contributed by atoms with van der Waals surface area (Å²) in [5.41, 5.74) is 4.61. The van der Waals surface area contributed by atoms with E-state index in [0.717, 1.165) is 47.2 Å². The molecule has 2 atom stereocenters. The summed E-state index contributed by atoms with van der Waals surface area (Å²) < 4.78 is 7.29. The van der Waals surface area contributed by atoms with Crippen molar-refractivity contribution in [1.29, 1.82) is 0 Å². The first-order chi connectivity index (χ1) is 16.4. The lowest BCUT2D eigenvalue weighted by Crippen LogP contribution is -2.56. The zero-order valence-electron chi connectivity index (χ0n) is 20.6. The lowest BCUT2D eigenvalue weighted by molar-refractivity contribution is 0.175. The summed E-state index contributed by atoms with van der Waals surface area (Å²) in [7, 11) is 1.65. The van der Waals surface area contributed by atoms with Crippen LogP contribution in [-0.2, 0) is 0 Å². The summed E-state index contributed by atoms with van der Waals surface area (Å²) in [5, 5.41) is 14.5. The largest absolute Gasteiger partial charge is 0.493 e. The van der Waals surface area contributed by atoms with Crippen LogP contribution in [0.15, 0.2) is 24.8 Å². The number of nitrogens with one attached hydrogen (secondary N) is 1. The predicted molar refractivity (Wildman–Crippen MR) is 136 cm³/mol. The molecule has 1 fully saturated rings. The number of ether oxygens (including phenoxy) is 1. The Hall–Kier alpha value is -2.98. The van der Waals surface area contributed by atoms with Gasteiger partial charge in [0.1, 0.15) is 16.3 Å². The molecule has 4 aromatic heterocycles. The number of hydrogen-bond acceptors (Lipinski definition) is 8. The van der Waals surface area contributed by atoms with Crippen LogP contribution in [0.4, 0.5) is 5.00 Å². The van der Waals surface area contributed by atoms with E-state index in [-0.39, 0.29) is 5.92 Å². The van der Waals surface area contributed by atoms with Gasteiger partial charge in [0.25, 0.3) is 0 Å². The van der Waals surface area contributed by atoms with Crippen LogP contribution >= 0.6 is 11.3 Å². The molecule has 0 bridgehead atoms. The van der Waals surface area contributed by atoms with E-state index in [0.29, 0.717) is 23.5 Å². The quantitative estimate of drug-likeness (QED) is 0.440. The maximum atomic E-state index is 5.56. The van der Waals surface area contributed by atoms with Gasteiger partial charge in [-0.1, -0.05) is 32.1 Å². The molecule has 1 N–H and O–H groups in total. The zero-order valence-corrected chi connectivity index (χ0v) is 21.4. The van der Waals surface area contributed by atoms with Crippen LogP contribution in [0.25, 0.3) is 27.6 Å². The number of pyridine rings is 1. The highest BCUT2D eigenvalue weighted by Crippen LogP contribution is 2.40. The highest BCUT2D eigenvalue weighted by molar-refractivity contribution is 7.18. The van der Waals surface area contributed by atoms with Gasteiger partial charge in [-0.2, -0.15) is 10.2 Å². The SMILES string of the molecule is CCN1C[C@@H](C)N(c2cnc(-c3[nH]nc(-c4cc(OC)c5ncnn5c4)c3C(C)C)s2)C[C@@H]1C. The summed E-state index contributed by atoms with van der Waals surface area (Å²) >= 11 is 1.73. The lowest BCUT2D eigenvalue weighted by Gasteiger charge is -2.44. The number of aromatic amines is 1. The van der Waals surface area contributed by atoms with Gasteiger partial charge in [-0.05, 0) is 32.4 Å². The molecule has 1 aliphatic rings. The average Bonchev–Trinajstić information content (AvgIpc) is 3.57. The molecule has 5 rings (SSSR count). The molecule has 0 aliphatic carbocycles. The third-order valence-electron chi connectivity index (χ3n) is 6.73. The van der Waals surface area contributed by atoms with Crippen LogP contribution in [0.3, 0.4) is 0 Å². The van der Waals surface area contributed by atoms with E-state index in [1.807, 2.05) is 18.5 Å². The number of rotatable bonds is 6. The zero-order chi connectivity index (χ0) is 24.0. The van der Waals surface area contributed by atoms with Crippen LogP contribution in [-0.4, -0.2) is 73.5 Å². The number of thiazole rings is 1. The smallest absolute Gasteiger partial charge is 0.197 e. The van der Waals surface area contributed by atoms with Crippen molar-refractivity contribution in [2.75, 3.05) is 31.6 Å². The second kappa shape index (κ2) is 8.99. The first-order valence-electron chi connectivity index (χ1n) is 11.8. The van der Waals surface area contributed by atoms with E-state index in [1.165, 1.54) is 11.3 Å². The Balaban J connectivity index is 1.52. The normalized spacial score (nSPS) is 19.4. The van der Waals surface area contributed by atoms with E-state index in [4.69, 9.17) is 14.8 Å². The molecular formula is C24H32N8OS. The van der Waals surface area contributed by atoms with E-state index in [2.05, 4.69) is 59.6 Å². The number of anilines is 1. The predicted octanol–water partition coefficient (Wildman–Crippen LogP) is 4.29. The lowest BCUT2D eigenvalue weighted by atomic mass is 9.97. The average molecular weight is 481 g/mol. The maximum absolute atomic E-state index is 5.56. The summed E-state index contributed by atoms with van der Waals surface area (Å²) in [6, 6.07) is 2.95. The maximum Gasteiger partial charge on any atom is 0.197 e. The van der Waals surface area contributed by atoms with Crippen LogP contribution in [0.5, 0.6) is 5.75 Å². The number of likely N-dealkylation sites (N-methyl/N-ethyl adjacent to an activating group) is 1. The molecule has 0 amide bonds. The molecule has 1 aliphatic heterocycles. The number of fused-ring (bicyclic) bond motifs is 1. The van der Waals surface area contributed by atoms with Gasteiger partial charge in [0.05, 0.1) is 24.7 Å². The van der Waals surface area contributed by atoms with Gasteiger partial charge in [-0.15, -0.1) is 0 Å². The van der Waals surface area contributed by atoms with Gasteiger partial charge in [-0.3, -0.25) is 10.00 Å². The fourth-order valence-corrected chi connectivity index (χ4v) is 5.97. The third-order valence-corrected chi connectivity index (χ3v) is 7.78. The minimum Gasteiger partial charge on any atom is -0.493 e. The number of aromatic nitrogens is 6. The Bertz CT molecular complexity index is 1290. The first kappa shape index (κ1) is 22.8. The molecule has 9 nitrogen and oxygen atoms in total. The van der Waals surface area contributed by atoms with Gasteiger partial charge in [0, 0.05) is 42.5 Å². The Morgan fingerprint density at radius 2 is 2.03 bits per heavy atom. The molecule has 0 spiro atoms. The number of piperazine rings is 1. The monoisotopic (exact) mass is 480 g/mol. The molecular weight excluding hydrogens is 448 g/mol. The summed E-state index contributed by atoms with van der Waals surface area (Å²) in [6.07, 6.45) is 5.49. The van der Waals surface area contributed by atoms with E-state index >= 15 is 0 Å². The molecule has 0 unspecified atom stereocenters. The molecule has 0 radical (unpaired) electrons. The van der Waals surface area contributed by atoms with Gasteiger partial charge in [-0.25, -0.2) is 14.5 Å². The third kappa shape index (κ3) is 3.84. The summed E-state index contributed by atoms with van der Waals surface area (Å²) in [6.45, 7) is 14.4. The highest BCUT2D eigenvalue weighted by Gasteiger charge is 2.30. The number of nitrogens with zero attached hydrogens (tertiary/aromatic N) is 7. The van der Waals surface area contributed by atoms with Gasteiger partial charge < -0.3 is 9.64 Å². The van der Waals surface area contributed by atoms with Crippen LogP contribution in [0.1, 0.15) is 46.1 Å². The van der Waals surface area contributed by atoms with Gasteiger partial charge in [0.2, 0.25) is 0 Å². The van der Waals surface area contributed by atoms with Crippen LogP contribution in [0.2, 0.25) is 0 Å². The molecule has 10 heteroatoms. The molecule has 5 heterocycles. The van der Waals surface area contributed by atoms with Crippen LogP contribution < -0.4 is 9.64 Å². The molecule has 4 aromatic rings. The van der Waals surface area contributed by atoms with E-state index in [9.17, 15) is 0 Å². The Morgan fingerprint density at radius 1 is 1.21 bits per heavy atom. The molecule has 0 aromatic carbocycles. The fourth-order valence-electron chi connectivity index (χ4n) is 4.93. The van der Waals surface area contributed by atoms with E-state index < -0.39 is 0 Å². The van der Waals surface area contributed by atoms with Crippen molar-refractivity contribution < 1.29 is 4.74 Å². The summed E-state index contributed by atoms with van der Waals surface area (Å²) in [4.78, 5) is 14.1. The van der Waals surface area contributed by atoms with Crippen molar-refractivity contribution in [3.05, 3.63) is 30.4 Å². The Labute approximate surface area is 203 Å².